The van der Waals surface area contributed by atoms with Crippen molar-refractivity contribution in [3.05, 3.63) is 35.4 Å². The minimum absolute atomic E-state index is 0.143. The van der Waals surface area contributed by atoms with E-state index in [0.717, 1.165) is 6.42 Å². The Balaban J connectivity index is 2.71. The molecule has 0 saturated carbocycles. The minimum atomic E-state index is -0.610. The number of hydrogen-bond donors (Lipinski definition) is 0. The molecule has 0 aliphatic carbocycles. The van der Waals surface area contributed by atoms with E-state index in [1.807, 2.05) is 12.1 Å². The maximum absolute atomic E-state index is 11.1. The first-order valence-corrected chi connectivity index (χ1v) is 4.87. The van der Waals surface area contributed by atoms with Crippen LogP contribution in [0.4, 0.5) is 0 Å². The number of rotatable bonds is 4. The first-order valence-electron chi connectivity index (χ1n) is 4.87. The third kappa shape index (κ3) is 3.54. The van der Waals surface area contributed by atoms with E-state index in [9.17, 15) is 9.59 Å². The van der Waals surface area contributed by atoms with Gasteiger partial charge in [0.2, 0.25) is 0 Å². The topological polar surface area (TPSA) is 43.4 Å². The molecule has 3 nitrogen and oxygen atoms in total. The second-order valence-electron chi connectivity index (χ2n) is 3.80. The van der Waals surface area contributed by atoms with Crippen molar-refractivity contribution in [1.82, 2.24) is 0 Å². The summed E-state index contributed by atoms with van der Waals surface area (Å²) in [6, 6.07) is 7.09. The molecule has 3 heteroatoms. The SMILES string of the molecule is CC(C)Cc1ccc(C(=O)OC=O)cc1. The molecule has 0 radical (unpaired) electrons. The fourth-order valence-corrected chi connectivity index (χ4v) is 1.36. The van der Waals surface area contributed by atoms with Crippen molar-refractivity contribution in [2.24, 2.45) is 5.92 Å². The predicted molar refractivity (Wildman–Crippen MR) is 56.5 cm³/mol. The van der Waals surface area contributed by atoms with Crippen molar-refractivity contribution in [3.8, 4) is 0 Å². The van der Waals surface area contributed by atoms with Crippen molar-refractivity contribution in [2.45, 2.75) is 20.3 Å². The largest absolute Gasteiger partial charge is 0.392 e. The van der Waals surface area contributed by atoms with Gasteiger partial charge in [0.15, 0.2) is 0 Å². The molecule has 0 aromatic heterocycles. The van der Waals surface area contributed by atoms with Crippen molar-refractivity contribution < 1.29 is 14.3 Å². The van der Waals surface area contributed by atoms with E-state index in [0.29, 0.717) is 11.5 Å². The lowest BCUT2D eigenvalue weighted by Crippen LogP contribution is -2.03. The van der Waals surface area contributed by atoms with Crippen LogP contribution in [0.5, 0.6) is 0 Å². The smallest absolute Gasteiger partial charge is 0.345 e. The second kappa shape index (κ2) is 5.29. The molecule has 0 unspecified atom stereocenters. The van der Waals surface area contributed by atoms with Crippen LogP contribution in [0, 0.1) is 5.92 Å². The maximum atomic E-state index is 11.1. The van der Waals surface area contributed by atoms with E-state index < -0.39 is 5.97 Å². The molecule has 0 heterocycles. The van der Waals surface area contributed by atoms with Gasteiger partial charge in [-0.05, 0) is 30.0 Å². The monoisotopic (exact) mass is 206 g/mol. The van der Waals surface area contributed by atoms with Gasteiger partial charge in [0, 0.05) is 0 Å². The zero-order valence-electron chi connectivity index (χ0n) is 8.90. The summed E-state index contributed by atoms with van der Waals surface area (Å²) in [6.07, 6.45) is 0.975. The number of esters is 1. The van der Waals surface area contributed by atoms with Crippen LogP contribution in [-0.4, -0.2) is 12.4 Å². The molecule has 0 aliphatic heterocycles. The van der Waals surface area contributed by atoms with E-state index >= 15 is 0 Å². The highest BCUT2D eigenvalue weighted by atomic mass is 16.6. The molecule has 0 aliphatic rings. The summed E-state index contributed by atoms with van der Waals surface area (Å²) in [6.45, 7) is 4.41. The fourth-order valence-electron chi connectivity index (χ4n) is 1.36. The lowest BCUT2D eigenvalue weighted by atomic mass is 10.0. The van der Waals surface area contributed by atoms with Crippen molar-refractivity contribution >= 4 is 12.4 Å². The Morgan fingerprint density at radius 2 is 1.93 bits per heavy atom. The third-order valence-corrected chi connectivity index (χ3v) is 1.99. The van der Waals surface area contributed by atoms with Gasteiger partial charge in [-0.3, -0.25) is 4.79 Å². The average Bonchev–Trinajstić information content (AvgIpc) is 2.18. The fraction of sp³-hybridized carbons (Fsp3) is 0.333. The molecule has 1 aromatic rings. The highest BCUT2D eigenvalue weighted by Crippen LogP contribution is 2.10. The summed E-state index contributed by atoms with van der Waals surface area (Å²) in [4.78, 5) is 21.1. The van der Waals surface area contributed by atoms with Gasteiger partial charge in [-0.2, -0.15) is 0 Å². The van der Waals surface area contributed by atoms with Gasteiger partial charge in [0.05, 0.1) is 5.56 Å². The Hall–Kier alpha value is -1.64. The minimum Gasteiger partial charge on any atom is -0.392 e. The van der Waals surface area contributed by atoms with Gasteiger partial charge in [-0.1, -0.05) is 26.0 Å². The Labute approximate surface area is 89.1 Å². The molecule has 15 heavy (non-hydrogen) atoms. The first kappa shape index (κ1) is 11.4. The summed E-state index contributed by atoms with van der Waals surface area (Å²) in [5.74, 6) is -0.0288. The normalized spacial score (nSPS) is 10.1. The van der Waals surface area contributed by atoms with Crippen molar-refractivity contribution in [3.63, 3.8) is 0 Å². The number of benzene rings is 1. The molecular weight excluding hydrogens is 192 g/mol. The number of carbonyl (C=O) groups excluding carboxylic acids is 2. The Bertz CT molecular complexity index is 338. The molecular formula is C12H14O3. The summed E-state index contributed by atoms with van der Waals surface area (Å²) in [5, 5.41) is 0. The average molecular weight is 206 g/mol. The molecule has 0 spiro atoms. The van der Waals surface area contributed by atoms with Crippen molar-refractivity contribution in [1.29, 1.82) is 0 Å². The summed E-state index contributed by atoms with van der Waals surface area (Å²) < 4.78 is 4.23. The standard InChI is InChI=1S/C12H14O3/c1-9(2)7-10-3-5-11(6-4-10)12(14)15-8-13/h3-6,8-9H,7H2,1-2H3. The van der Waals surface area contributed by atoms with Gasteiger partial charge in [-0.15, -0.1) is 0 Å². The lowest BCUT2D eigenvalue weighted by Gasteiger charge is -2.05. The van der Waals surface area contributed by atoms with Crippen LogP contribution in [-0.2, 0) is 16.0 Å². The first-order chi connectivity index (χ1) is 7.13. The van der Waals surface area contributed by atoms with E-state index in [1.165, 1.54) is 5.56 Å². The predicted octanol–water partition coefficient (Wildman–Crippen LogP) is 2.20. The molecule has 0 atom stereocenters. The van der Waals surface area contributed by atoms with Crippen LogP contribution >= 0.6 is 0 Å². The van der Waals surface area contributed by atoms with Crippen LogP contribution in [0.15, 0.2) is 24.3 Å². The molecule has 0 amide bonds. The van der Waals surface area contributed by atoms with Gasteiger partial charge in [0.25, 0.3) is 0 Å². The van der Waals surface area contributed by atoms with Crippen LogP contribution in [0.1, 0.15) is 29.8 Å². The summed E-state index contributed by atoms with van der Waals surface area (Å²) >= 11 is 0. The summed E-state index contributed by atoms with van der Waals surface area (Å²) in [5.41, 5.74) is 1.57. The molecule has 0 saturated heterocycles. The number of carbonyl (C=O) groups is 2. The molecule has 0 bridgehead atoms. The third-order valence-electron chi connectivity index (χ3n) is 1.99. The highest BCUT2D eigenvalue weighted by molar-refractivity contribution is 5.92. The van der Waals surface area contributed by atoms with E-state index in [1.54, 1.807) is 12.1 Å². The second-order valence-corrected chi connectivity index (χ2v) is 3.80. The zero-order chi connectivity index (χ0) is 11.3. The van der Waals surface area contributed by atoms with Gasteiger partial charge in [0.1, 0.15) is 0 Å². The maximum Gasteiger partial charge on any atom is 0.345 e. The Kier molecular flexibility index (Phi) is 4.03. The lowest BCUT2D eigenvalue weighted by molar-refractivity contribution is -0.123. The van der Waals surface area contributed by atoms with Gasteiger partial charge < -0.3 is 4.74 Å². The van der Waals surface area contributed by atoms with E-state index in [4.69, 9.17) is 0 Å². The number of hydrogen-bond acceptors (Lipinski definition) is 3. The van der Waals surface area contributed by atoms with Crippen molar-refractivity contribution in [2.75, 3.05) is 0 Å². The quantitative estimate of drug-likeness (QED) is 0.431. The van der Waals surface area contributed by atoms with Crippen LogP contribution in [0.3, 0.4) is 0 Å². The van der Waals surface area contributed by atoms with Gasteiger partial charge in [-0.25, -0.2) is 4.79 Å². The molecule has 1 rings (SSSR count). The Morgan fingerprint density at radius 1 is 1.33 bits per heavy atom. The van der Waals surface area contributed by atoms with Crippen LogP contribution in [0.2, 0.25) is 0 Å². The summed E-state index contributed by atoms with van der Waals surface area (Å²) in [7, 11) is 0. The van der Waals surface area contributed by atoms with Crippen LogP contribution in [0.25, 0.3) is 0 Å². The highest BCUT2D eigenvalue weighted by Gasteiger charge is 2.06. The van der Waals surface area contributed by atoms with E-state index in [2.05, 4.69) is 18.6 Å². The Morgan fingerprint density at radius 3 is 2.40 bits per heavy atom. The number of ether oxygens (including phenoxy) is 1. The van der Waals surface area contributed by atoms with Gasteiger partial charge >= 0.3 is 12.4 Å². The molecule has 0 fully saturated rings. The van der Waals surface area contributed by atoms with Crippen LogP contribution < -0.4 is 0 Å². The molecule has 0 N–H and O–H groups in total. The molecule has 1 aromatic carbocycles. The molecule has 80 valence electrons. The van der Waals surface area contributed by atoms with E-state index in [-0.39, 0.29) is 6.47 Å². The zero-order valence-corrected chi connectivity index (χ0v) is 8.90.